The average molecular weight is 460 g/mol. The predicted octanol–water partition coefficient (Wildman–Crippen LogP) is 2.70. The highest BCUT2D eigenvalue weighted by atomic mass is 32.2. The van der Waals surface area contributed by atoms with Crippen molar-refractivity contribution in [1.29, 1.82) is 0 Å². The summed E-state index contributed by atoms with van der Waals surface area (Å²) in [4.78, 5) is 12.8. The standard InChI is InChI=1S/C22H26FN5O3S/c1-2-11-28-21-10-9-19(13-20(21)25-26-28)32(30,31)27-12-3-4-17(15-27)22(29)24-14-16-5-7-18(23)8-6-16/h5-10,13,17H,2-4,11-12,14-15H2,1H3,(H,24,29)/t17-/m0/s1. The molecule has 0 spiro atoms. The Labute approximate surface area is 186 Å². The molecule has 8 nitrogen and oxygen atoms in total. The molecule has 10 heteroatoms. The molecule has 1 N–H and O–H groups in total. The number of aryl methyl sites for hydroxylation is 1. The van der Waals surface area contributed by atoms with E-state index in [0.717, 1.165) is 17.5 Å². The van der Waals surface area contributed by atoms with Crippen LogP contribution in [0.2, 0.25) is 0 Å². The van der Waals surface area contributed by atoms with E-state index in [1.54, 1.807) is 35.0 Å². The molecule has 32 heavy (non-hydrogen) atoms. The Morgan fingerprint density at radius 1 is 1.22 bits per heavy atom. The van der Waals surface area contributed by atoms with E-state index in [0.29, 0.717) is 31.4 Å². The van der Waals surface area contributed by atoms with Gasteiger partial charge >= 0.3 is 0 Å². The van der Waals surface area contributed by atoms with Crippen LogP contribution in [0.15, 0.2) is 47.4 Å². The Kier molecular flexibility index (Phi) is 6.52. The van der Waals surface area contributed by atoms with E-state index >= 15 is 0 Å². The van der Waals surface area contributed by atoms with Crippen LogP contribution in [0.4, 0.5) is 4.39 Å². The predicted molar refractivity (Wildman–Crippen MR) is 118 cm³/mol. The van der Waals surface area contributed by atoms with Crippen molar-refractivity contribution in [2.24, 2.45) is 5.92 Å². The summed E-state index contributed by atoms with van der Waals surface area (Å²) in [5.74, 6) is -0.973. The number of nitrogens with one attached hydrogen (secondary N) is 1. The molecule has 4 rings (SSSR count). The molecule has 2 aromatic carbocycles. The van der Waals surface area contributed by atoms with Gasteiger partial charge < -0.3 is 5.32 Å². The first-order valence-electron chi connectivity index (χ1n) is 10.7. The molecule has 0 radical (unpaired) electrons. The maximum Gasteiger partial charge on any atom is 0.243 e. The van der Waals surface area contributed by atoms with Gasteiger partial charge in [0.2, 0.25) is 15.9 Å². The first-order chi connectivity index (χ1) is 15.4. The minimum Gasteiger partial charge on any atom is -0.352 e. The molecule has 2 heterocycles. The number of rotatable bonds is 7. The second-order valence-electron chi connectivity index (χ2n) is 8.01. The second kappa shape index (κ2) is 9.33. The summed E-state index contributed by atoms with van der Waals surface area (Å²) in [6, 6.07) is 10.8. The minimum absolute atomic E-state index is 0.123. The largest absolute Gasteiger partial charge is 0.352 e. The lowest BCUT2D eigenvalue weighted by atomic mass is 9.99. The van der Waals surface area contributed by atoms with Crippen LogP contribution in [0, 0.1) is 11.7 Å². The highest BCUT2D eigenvalue weighted by Crippen LogP contribution is 2.26. The number of hydrogen-bond donors (Lipinski definition) is 1. The maximum absolute atomic E-state index is 13.2. The summed E-state index contributed by atoms with van der Waals surface area (Å²) >= 11 is 0. The van der Waals surface area contributed by atoms with Crippen LogP contribution < -0.4 is 5.32 Å². The van der Waals surface area contributed by atoms with Crippen LogP contribution in [-0.2, 0) is 27.9 Å². The van der Waals surface area contributed by atoms with Gasteiger partial charge in [-0.15, -0.1) is 5.10 Å². The number of benzene rings is 2. The van der Waals surface area contributed by atoms with Crippen molar-refractivity contribution in [2.45, 2.75) is 44.2 Å². The number of halogens is 1. The van der Waals surface area contributed by atoms with Crippen LogP contribution in [0.25, 0.3) is 11.0 Å². The van der Waals surface area contributed by atoms with Crippen molar-refractivity contribution in [3.8, 4) is 0 Å². The minimum atomic E-state index is -3.76. The second-order valence-corrected chi connectivity index (χ2v) is 9.95. The summed E-state index contributed by atoms with van der Waals surface area (Å²) in [5, 5.41) is 11.0. The van der Waals surface area contributed by atoms with Gasteiger partial charge in [0.05, 0.1) is 16.3 Å². The first-order valence-corrected chi connectivity index (χ1v) is 12.2. The highest BCUT2D eigenvalue weighted by Gasteiger charge is 2.33. The fourth-order valence-corrected chi connectivity index (χ4v) is 5.49. The van der Waals surface area contributed by atoms with Gasteiger partial charge in [0, 0.05) is 26.2 Å². The van der Waals surface area contributed by atoms with Gasteiger partial charge in [-0.25, -0.2) is 17.5 Å². The zero-order chi connectivity index (χ0) is 22.7. The van der Waals surface area contributed by atoms with E-state index in [-0.39, 0.29) is 29.7 Å². The summed E-state index contributed by atoms with van der Waals surface area (Å²) in [7, 11) is -3.76. The van der Waals surface area contributed by atoms with Crippen molar-refractivity contribution < 1.29 is 17.6 Å². The molecular weight excluding hydrogens is 433 g/mol. The Balaban J connectivity index is 1.45. The van der Waals surface area contributed by atoms with Crippen molar-refractivity contribution in [2.75, 3.05) is 13.1 Å². The SMILES string of the molecule is CCCn1nnc2cc(S(=O)(=O)N3CCC[C@H](C(=O)NCc4ccc(F)cc4)C3)ccc21. The van der Waals surface area contributed by atoms with Crippen LogP contribution in [0.1, 0.15) is 31.7 Å². The number of sulfonamides is 1. The quantitative estimate of drug-likeness (QED) is 0.586. The number of carbonyl (C=O) groups excluding carboxylic acids is 1. The third-order valence-corrected chi connectivity index (χ3v) is 7.55. The lowest BCUT2D eigenvalue weighted by Crippen LogP contribution is -2.45. The average Bonchev–Trinajstić information content (AvgIpc) is 3.21. The Morgan fingerprint density at radius 3 is 2.75 bits per heavy atom. The van der Waals surface area contributed by atoms with Gasteiger partial charge in [-0.1, -0.05) is 24.3 Å². The first kappa shape index (κ1) is 22.3. The van der Waals surface area contributed by atoms with Crippen LogP contribution >= 0.6 is 0 Å². The zero-order valence-electron chi connectivity index (χ0n) is 17.9. The van der Waals surface area contributed by atoms with Crippen LogP contribution in [-0.4, -0.2) is 46.7 Å². The van der Waals surface area contributed by atoms with E-state index in [9.17, 15) is 17.6 Å². The number of amides is 1. The Hall–Kier alpha value is -2.85. The summed E-state index contributed by atoms with van der Waals surface area (Å²) < 4.78 is 42.7. The molecule has 1 fully saturated rings. The third kappa shape index (κ3) is 4.66. The summed E-state index contributed by atoms with van der Waals surface area (Å²) in [6.45, 7) is 3.51. The molecule has 1 amide bonds. The van der Waals surface area contributed by atoms with E-state index in [2.05, 4.69) is 15.6 Å². The number of nitrogens with zero attached hydrogens (tertiary/aromatic N) is 4. The number of fused-ring (bicyclic) bond motifs is 1. The number of piperidine rings is 1. The molecule has 0 aliphatic carbocycles. The van der Waals surface area contributed by atoms with E-state index in [1.807, 2.05) is 6.92 Å². The van der Waals surface area contributed by atoms with Gasteiger partial charge in [-0.2, -0.15) is 4.31 Å². The number of hydrogen-bond acceptors (Lipinski definition) is 5. The van der Waals surface area contributed by atoms with Gasteiger partial charge in [0.15, 0.2) is 0 Å². The van der Waals surface area contributed by atoms with E-state index in [4.69, 9.17) is 0 Å². The van der Waals surface area contributed by atoms with E-state index in [1.165, 1.54) is 16.4 Å². The lowest BCUT2D eigenvalue weighted by molar-refractivity contribution is -0.126. The maximum atomic E-state index is 13.2. The van der Waals surface area contributed by atoms with Gasteiger partial charge in [0.25, 0.3) is 0 Å². The summed E-state index contributed by atoms with van der Waals surface area (Å²) in [6.07, 6.45) is 2.12. The molecule has 170 valence electrons. The molecule has 1 aromatic heterocycles. The van der Waals surface area contributed by atoms with Crippen molar-refractivity contribution in [1.82, 2.24) is 24.6 Å². The topological polar surface area (TPSA) is 97.2 Å². The summed E-state index contributed by atoms with van der Waals surface area (Å²) in [5.41, 5.74) is 2.11. The number of aromatic nitrogens is 3. The molecule has 0 unspecified atom stereocenters. The molecule has 1 aliphatic heterocycles. The van der Waals surface area contributed by atoms with Crippen LogP contribution in [0.3, 0.4) is 0 Å². The van der Waals surface area contributed by atoms with Crippen molar-refractivity contribution >= 4 is 27.0 Å². The molecule has 0 saturated carbocycles. The number of carbonyl (C=O) groups is 1. The molecule has 3 aromatic rings. The fraction of sp³-hybridized carbons (Fsp3) is 0.409. The Bertz CT molecular complexity index is 1210. The fourth-order valence-electron chi connectivity index (χ4n) is 3.95. The third-order valence-electron chi connectivity index (χ3n) is 5.69. The molecule has 0 bridgehead atoms. The highest BCUT2D eigenvalue weighted by molar-refractivity contribution is 7.89. The monoisotopic (exact) mass is 459 g/mol. The zero-order valence-corrected chi connectivity index (χ0v) is 18.7. The van der Waals surface area contributed by atoms with Gasteiger partial charge in [0.1, 0.15) is 11.3 Å². The normalized spacial score (nSPS) is 17.5. The van der Waals surface area contributed by atoms with Crippen LogP contribution in [0.5, 0.6) is 0 Å². The van der Waals surface area contributed by atoms with Crippen molar-refractivity contribution in [3.63, 3.8) is 0 Å². The van der Waals surface area contributed by atoms with Crippen molar-refractivity contribution in [3.05, 3.63) is 53.8 Å². The molecular formula is C22H26FN5O3S. The lowest BCUT2D eigenvalue weighted by Gasteiger charge is -2.31. The Morgan fingerprint density at radius 2 is 2.00 bits per heavy atom. The smallest absolute Gasteiger partial charge is 0.243 e. The molecule has 1 saturated heterocycles. The van der Waals surface area contributed by atoms with E-state index < -0.39 is 15.9 Å². The van der Waals surface area contributed by atoms with Gasteiger partial charge in [-0.05, 0) is 55.2 Å². The van der Waals surface area contributed by atoms with Gasteiger partial charge in [-0.3, -0.25) is 4.79 Å². The molecule has 1 atom stereocenters. The molecule has 1 aliphatic rings.